The molecule has 104 valence electrons. The number of nitrogens with zero attached hydrogens (tertiary/aromatic N) is 1. The van der Waals surface area contributed by atoms with Gasteiger partial charge in [-0.05, 0) is 48.9 Å². The molecule has 0 atom stereocenters. The molecule has 0 bridgehead atoms. The molecular formula is C14H20ClN3O. The van der Waals surface area contributed by atoms with Crippen LogP contribution in [0.5, 0.6) is 0 Å². The first-order chi connectivity index (χ1) is 9.13. The van der Waals surface area contributed by atoms with Crippen molar-refractivity contribution >= 4 is 17.4 Å². The number of benzene rings is 1. The lowest BCUT2D eigenvalue weighted by Gasteiger charge is -2.15. The zero-order valence-electron chi connectivity index (χ0n) is 10.9. The topological polar surface area (TPSA) is 70.6 Å². The van der Waals surface area contributed by atoms with Gasteiger partial charge in [0.2, 0.25) is 0 Å². The third-order valence-electron chi connectivity index (χ3n) is 3.65. The van der Waals surface area contributed by atoms with E-state index in [0.29, 0.717) is 12.3 Å². The van der Waals surface area contributed by atoms with E-state index in [2.05, 4.69) is 10.5 Å². The van der Waals surface area contributed by atoms with E-state index in [0.717, 1.165) is 37.4 Å². The Hall–Kier alpha value is -1.26. The van der Waals surface area contributed by atoms with Gasteiger partial charge in [-0.2, -0.15) is 0 Å². The van der Waals surface area contributed by atoms with Crippen LogP contribution in [0.2, 0.25) is 5.02 Å². The molecule has 1 aromatic rings. The molecular weight excluding hydrogens is 262 g/mol. The summed E-state index contributed by atoms with van der Waals surface area (Å²) in [4.78, 5) is 0. The van der Waals surface area contributed by atoms with Gasteiger partial charge in [0, 0.05) is 18.0 Å². The third-order valence-corrected chi connectivity index (χ3v) is 3.90. The van der Waals surface area contributed by atoms with E-state index in [4.69, 9.17) is 22.5 Å². The summed E-state index contributed by atoms with van der Waals surface area (Å²) < 4.78 is 0. The third kappa shape index (κ3) is 4.40. The number of halogens is 1. The van der Waals surface area contributed by atoms with Gasteiger partial charge in [-0.25, -0.2) is 0 Å². The molecule has 2 rings (SSSR count). The average Bonchev–Trinajstić information content (AvgIpc) is 3.17. The van der Waals surface area contributed by atoms with Gasteiger partial charge in [-0.15, -0.1) is 0 Å². The summed E-state index contributed by atoms with van der Waals surface area (Å²) in [6.07, 6.45) is 3.96. The first kappa shape index (κ1) is 14.2. The molecule has 1 fully saturated rings. The molecule has 0 heterocycles. The van der Waals surface area contributed by atoms with E-state index in [1.165, 1.54) is 5.56 Å². The number of oxime groups is 1. The van der Waals surface area contributed by atoms with Crippen LogP contribution in [0.3, 0.4) is 0 Å². The van der Waals surface area contributed by atoms with Gasteiger partial charge in [-0.1, -0.05) is 28.9 Å². The molecule has 5 heteroatoms. The molecule has 0 unspecified atom stereocenters. The highest BCUT2D eigenvalue weighted by Gasteiger charge is 2.42. The molecule has 4 N–H and O–H groups in total. The van der Waals surface area contributed by atoms with Gasteiger partial charge in [0.1, 0.15) is 5.84 Å². The standard InChI is InChI=1S/C14H20ClN3O/c15-12-3-1-11(2-4-12)5-8-17-10-14(6-7-14)9-13(16)18-19/h1-4,17,19H,5-10H2,(H2,16,18). The Kier molecular flexibility index (Phi) is 4.66. The number of nitrogens with one attached hydrogen (secondary N) is 1. The maximum Gasteiger partial charge on any atom is 0.139 e. The minimum atomic E-state index is 0.219. The zero-order chi connectivity index (χ0) is 13.7. The fourth-order valence-corrected chi connectivity index (χ4v) is 2.38. The summed E-state index contributed by atoms with van der Waals surface area (Å²) >= 11 is 5.84. The maximum absolute atomic E-state index is 8.60. The van der Waals surface area contributed by atoms with Gasteiger partial charge in [0.15, 0.2) is 0 Å². The van der Waals surface area contributed by atoms with E-state index in [9.17, 15) is 0 Å². The van der Waals surface area contributed by atoms with Crippen LogP contribution in [0.4, 0.5) is 0 Å². The first-order valence-electron chi connectivity index (χ1n) is 6.55. The lowest BCUT2D eigenvalue weighted by atomic mass is 10.0. The summed E-state index contributed by atoms with van der Waals surface area (Å²) in [5.74, 6) is 0.331. The van der Waals surface area contributed by atoms with Crippen LogP contribution in [0.1, 0.15) is 24.8 Å². The summed E-state index contributed by atoms with van der Waals surface area (Å²) in [6.45, 7) is 1.86. The molecule has 19 heavy (non-hydrogen) atoms. The van der Waals surface area contributed by atoms with Crippen LogP contribution in [0.25, 0.3) is 0 Å². The zero-order valence-corrected chi connectivity index (χ0v) is 11.7. The number of rotatable bonds is 7. The molecule has 1 aliphatic carbocycles. The summed E-state index contributed by atoms with van der Waals surface area (Å²) in [7, 11) is 0. The molecule has 1 saturated carbocycles. The van der Waals surface area contributed by atoms with Crippen LogP contribution in [0.15, 0.2) is 29.4 Å². The quantitative estimate of drug-likeness (QED) is 0.236. The predicted octanol–water partition coefficient (Wildman–Crippen LogP) is 2.39. The minimum Gasteiger partial charge on any atom is -0.409 e. The minimum absolute atomic E-state index is 0.219. The number of hydrogen-bond donors (Lipinski definition) is 3. The first-order valence-corrected chi connectivity index (χ1v) is 6.93. The van der Waals surface area contributed by atoms with Crippen molar-refractivity contribution in [1.29, 1.82) is 0 Å². The SMILES string of the molecule is NC(CC1(CNCCc2ccc(Cl)cc2)CC1)=NO. The highest BCUT2D eigenvalue weighted by atomic mass is 35.5. The largest absolute Gasteiger partial charge is 0.409 e. The van der Waals surface area contributed by atoms with E-state index in [-0.39, 0.29) is 5.41 Å². The number of nitrogens with two attached hydrogens (primary N) is 1. The Morgan fingerprint density at radius 3 is 2.63 bits per heavy atom. The van der Waals surface area contributed by atoms with Gasteiger partial charge in [0.05, 0.1) is 0 Å². The Balaban J connectivity index is 1.68. The molecule has 0 aromatic heterocycles. The van der Waals surface area contributed by atoms with E-state index in [1.54, 1.807) is 0 Å². The Labute approximate surface area is 118 Å². The van der Waals surface area contributed by atoms with Crippen LogP contribution in [0, 0.1) is 5.41 Å². The second kappa shape index (κ2) is 6.26. The van der Waals surface area contributed by atoms with Crippen molar-refractivity contribution in [3.05, 3.63) is 34.9 Å². The second-order valence-corrected chi connectivity index (χ2v) is 5.76. The van der Waals surface area contributed by atoms with Gasteiger partial charge >= 0.3 is 0 Å². The average molecular weight is 282 g/mol. The molecule has 0 aliphatic heterocycles. The lowest BCUT2D eigenvalue weighted by Crippen LogP contribution is -2.29. The van der Waals surface area contributed by atoms with Crippen LogP contribution >= 0.6 is 11.6 Å². The van der Waals surface area contributed by atoms with E-state index < -0.39 is 0 Å². The number of hydrogen-bond acceptors (Lipinski definition) is 3. The van der Waals surface area contributed by atoms with E-state index in [1.807, 2.05) is 24.3 Å². The van der Waals surface area contributed by atoms with Crippen molar-refractivity contribution in [3.8, 4) is 0 Å². The maximum atomic E-state index is 8.60. The molecule has 1 aliphatic rings. The second-order valence-electron chi connectivity index (χ2n) is 5.32. The monoisotopic (exact) mass is 281 g/mol. The van der Waals surface area contributed by atoms with E-state index >= 15 is 0 Å². The number of amidine groups is 1. The molecule has 0 saturated heterocycles. The van der Waals surface area contributed by atoms with Crippen molar-refractivity contribution in [3.63, 3.8) is 0 Å². The Morgan fingerprint density at radius 1 is 1.37 bits per heavy atom. The van der Waals surface area contributed by atoms with Gasteiger partial charge in [0.25, 0.3) is 0 Å². The van der Waals surface area contributed by atoms with Gasteiger partial charge < -0.3 is 16.3 Å². The van der Waals surface area contributed by atoms with Crippen LogP contribution < -0.4 is 11.1 Å². The van der Waals surface area contributed by atoms with Gasteiger partial charge in [-0.3, -0.25) is 0 Å². The fraction of sp³-hybridized carbons (Fsp3) is 0.500. The predicted molar refractivity (Wildman–Crippen MR) is 77.7 cm³/mol. The lowest BCUT2D eigenvalue weighted by molar-refractivity contribution is 0.314. The van der Waals surface area contributed by atoms with Crippen molar-refractivity contribution < 1.29 is 5.21 Å². The van der Waals surface area contributed by atoms with Crippen LogP contribution in [-0.4, -0.2) is 24.1 Å². The normalized spacial score (nSPS) is 17.4. The van der Waals surface area contributed by atoms with Crippen molar-refractivity contribution in [2.45, 2.75) is 25.7 Å². The summed E-state index contributed by atoms with van der Waals surface area (Å²) in [5, 5.41) is 15.9. The molecule has 0 radical (unpaired) electrons. The van der Waals surface area contributed by atoms with Crippen molar-refractivity contribution in [2.24, 2.45) is 16.3 Å². The highest BCUT2D eigenvalue weighted by molar-refractivity contribution is 6.30. The molecule has 4 nitrogen and oxygen atoms in total. The fourth-order valence-electron chi connectivity index (χ4n) is 2.25. The summed E-state index contributed by atoms with van der Waals surface area (Å²) in [6, 6.07) is 7.93. The smallest absolute Gasteiger partial charge is 0.139 e. The van der Waals surface area contributed by atoms with Crippen LogP contribution in [-0.2, 0) is 6.42 Å². The molecule has 0 amide bonds. The Bertz CT molecular complexity index is 441. The summed E-state index contributed by atoms with van der Waals surface area (Å²) in [5.41, 5.74) is 7.06. The van der Waals surface area contributed by atoms with Crippen molar-refractivity contribution in [2.75, 3.05) is 13.1 Å². The molecule has 0 spiro atoms. The molecule has 1 aromatic carbocycles. The van der Waals surface area contributed by atoms with Crippen molar-refractivity contribution in [1.82, 2.24) is 5.32 Å². The Morgan fingerprint density at radius 2 is 2.05 bits per heavy atom. The highest BCUT2D eigenvalue weighted by Crippen LogP contribution is 2.48.